The fourth-order valence-corrected chi connectivity index (χ4v) is 4.73. The highest BCUT2D eigenvalue weighted by Gasteiger charge is 2.38. The maximum Gasteiger partial charge on any atom is 0.316 e. The Hall–Kier alpha value is -2.90. The number of carbonyl (C=O) groups is 1. The van der Waals surface area contributed by atoms with E-state index in [1.54, 1.807) is 9.80 Å². The predicted molar refractivity (Wildman–Crippen MR) is 108 cm³/mol. The van der Waals surface area contributed by atoms with Crippen LogP contribution in [0.15, 0.2) is 21.6 Å². The van der Waals surface area contributed by atoms with Crippen LogP contribution in [-0.2, 0) is 14.6 Å². The van der Waals surface area contributed by atoms with Gasteiger partial charge in [0.1, 0.15) is 11.7 Å². The molecule has 33 heavy (non-hydrogen) atoms. The number of anilines is 2. The third-order valence-electron chi connectivity index (χ3n) is 5.81. The Morgan fingerprint density at radius 2 is 1.76 bits per heavy atom. The largest absolute Gasteiger partial charge is 0.369 e. The molecule has 2 aliphatic rings. The van der Waals surface area contributed by atoms with Crippen LogP contribution in [0.4, 0.5) is 29.2 Å². The summed E-state index contributed by atoms with van der Waals surface area (Å²) in [4.78, 5) is 19.4. The first-order chi connectivity index (χ1) is 15.5. The maximum atomic E-state index is 14.4. The predicted octanol–water partition coefficient (Wildman–Crippen LogP) is 2.37. The normalized spacial score (nSPS) is 20.2. The number of amides is 1. The summed E-state index contributed by atoms with van der Waals surface area (Å²) >= 11 is 0. The summed E-state index contributed by atoms with van der Waals surface area (Å²) < 4.78 is 81.6. The number of carbonyl (C=O) groups excluding carboxylic acids is 1. The monoisotopic (exact) mass is 491 g/mol. The van der Waals surface area contributed by atoms with Gasteiger partial charge in [0.15, 0.2) is 21.5 Å². The minimum absolute atomic E-state index is 0.0690. The lowest BCUT2D eigenvalue weighted by Gasteiger charge is -2.36. The highest BCUT2D eigenvalue weighted by atomic mass is 32.2. The quantitative estimate of drug-likeness (QED) is 0.614. The Balaban J connectivity index is 1.38. The van der Waals surface area contributed by atoms with E-state index in [-0.39, 0.29) is 17.9 Å². The average molecular weight is 491 g/mol. The second-order valence-corrected chi connectivity index (χ2v) is 10.0. The number of likely N-dealkylation sites (tertiary alicyclic amines) is 1. The fraction of sp³-hybridized carbons (Fsp3) is 0.526. The van der Waals surface area contributed by atoms with Crippen molar-refractivity contribution in [3.8, 4) is 0 Å². The highest BCUT2D eigenvalue weighted by Crippen LogP contribution is 2.29. The number of piperidine rings is 1. The van der Waals surface area contributed by atoms with Gasteiger partial charge in [-0.3, -0.25) is 4.79 Å². The van der Waals surface area contributed by atoms with E-state index in [9.17, 15) is 30.8 Å². The lowest BCUT2D eigenvalue weighted by molar-refractivity contribution is -0.130. The number of nitrogens with zero attached hydrogens (tertiary/aromatic N) is 4. The van der Waals surface area contributed by atoms with Crippen LogP contribution in [0.1, 0.15) is 31.6 Å². The minimum Gasteiger partial charge on any atom is -0.369 e. The van der Waals surface area contributed by atoms with E-state index < -0.39 is 50.4 Å². The molecule has 0 aliphatic carbocycles. The Morgan fingerprint density at radius 1 is 1.12 bits per heavy atom. The number of benzene rings is 1. The zero-order chi connectivity index (χ0) is 23.9. The van der Waals surface area contributed by atoms with Gasteiger partial charge in [-0.1, -0.05) is 0 Å². The molecule has 1 amide bonds. The number of sulfone groups is 1. The van der Waals surface area contributed by atoms with Gasteiger partial charge in [0, 0.05) is 31.9 Å². The van der Waals surface area contributed by atoms with Gasteiger partial charge in [-0.15, -0.1) is 0 Å². The van der Waals surface area contributed by atoms with Gasteiger partial charge < -0.3 is 19.6 Å². The molecule has 14 heteroatoms. The van der Waals surface area contributed by atoms with E-state index in [0.29, 0.717) is 51.0 Å². The van der Waals surface area contributed by atoms with Crippen LogP contribution in [0.25, 0.3) is 0 Å². The summed E-state index contributed by atoms with van der Waals surface area (Å²) in [5.74, 6) is -3.20. The van der Waals surface area contributed by atoms with Crippen molar-refractivity contribution in [2.45, 2.75) is 42.7 Å². The Labute approximate surface area is 186 Å². The molecule has 3 heterocycles. The van der Waals surface area contributed by atoms with Crippen molar-refractivity contribution < 1.29 is 35.3 Å². The Kier molecular flexibility index (Phi) is 6.20. The van der Waals surface area contributed by atoms with Crippen LogP contribution < -0.4 is 10.2 Å². The number of halogens is 4. The molecule has 1 aromatic carbocycles. The molecular formula is C19H21F4N5O4S. The smallest absolute Gasteiger partial charge is 0.316 e. The maximum absolute atomic E-state index is 14.4. The van der Waals surface area contributed by atoms with Crippen molar-refractivity contribution in [1.29, 1.82) is 0 Å². The first-order valence-electron chi connectivity index (χ1n) is 10.2. The van der Waals surface area contributed by atoms with Gasteiger partial charge >= 0.3 is 6.43 Å². The molecule has 0 radical (unpaired) electrons. The fourth-order valence-electron chi connectivity index (χ4n) is 4.10. The van der Waals surface area contributed by atoms with E-state index in [1.165, 1.54) is 0 Å². The Bertz CT molecular complexity index is 1130. The van der Waals surface area contributed by atoms with E-state index in [1.807, 2.05) is 0 Å². The number of aromatic nitrogens is 2. The Morgan fingerprint density at radius 3 is 2.30 bits per heavy atom. The minimum atomic E-state index is -3.79. The van der Waals surface area contributed by atoms with Crippen molar-refractivity contribution in [2.75, 3.05) is 36.1 Å². The van der Waals surface area contributed by atoms with Crippen LogP contribution in [0.3, 0.4) is 0 Å². The molecule has 180 valence electrons. The number of rotatable bonds is 6. The molecule has 1 unspecified atom stereocenters. The lowest BCUT2D eigenvalue weighted by Crippen LogP contribution is -2.47. The molecule has 1 atom stereocenters. The second kappa shape index (κ2) is 8.80. The third kappa shape index (κ3) is 4.75. The first-order valence-corrected chi connectivity index (χ1v) is 12.1. The zero-order valence-corrected chi connectivity index (χ0v) is 18.3. The molecule has 4 rings (SSSR count). The van der Waals surface area contributed by atoms with Gasteiger partial charge in [0.05, 0.1) is 4.90 Å². The average Bonchev–Trinajstić information content (AvgIpc) is 3.38. The van der Waals surface area contributed by atoms with Gasteiger partial charge in [-0.05, 0) is 36.6 Å². The van der Waals surface area contributed by atoms with Gasteiger partial charge in [0.25, 0.3) is 11.8 Å². The van der Waals surface area contributed by atoms with E-state index in [4.69, 9.17) is 0 Å². The van der Waals surface area contributed by atoms with Crippen molar-refractivity contribution in [2.24, 2.45) is 0 Å². The molecule has 1 aromatic heterocycles. The van der Waals surface area contributed by atoms with Crippen LogP contribution in [0.5, 0.6) is 0 Å². The third-order valence-corrected chi connectivity index (χ3v) is 6.90. The van der Waals surface area contributed by atoms with Gasteiger partial charge in [-0.25, -0.2) is 17.2 Å². The van der Waals surface area contributed by atoms with Crippen LogP contribution >= 0.6 is 0 Å². The first kappa shape index (κ1) is 23.3. The summed E-state index contributed by atoms with van der Waals surface area (Å²) in [5, 5.41) is 6.13. The molecule has 0 saturated carbocycles. The zero-order valence-electron chi connectivity index (χ0n) is 17.5. The molecule has 2 aromatic rings. The van der Waals surface area contributed by atoms with Gasteiger partial charge in [0.2, 0.25) is 5.91 Å². The van der Waals surface area contributed by atoms with E-state index >= 15 is 0 Å². The number of nitrogens with one attached hydrogen (secondary N) is 1. The molecule has 1 N–H and O–H groups in total. The SMILES string of the molecule is CS(=O)(=O)c1cc(F)c(NC2CCN(C3CCN(c4noc(C(F)F)n4)CC3)C2=O)c(F)c1. The highest BCUT2D eigenvalue weighted by molar-refractivity contribution is 7.90. The molecule has 0 spiro atoms. The lowest BCUT2D eigenvalue weighted by atomic mass is 10.0. The number of hydrogen-bond donors (Lipinski definition) is 1. The summed E-state index contributed by atoms with van der Waals surface area (Å²) in [5.41, 5.74) is -0.552. The number of hydrogen-bond acceptors (Lipinski definition) is 8. The van der Waals surface area contributed by atoms with Crippen molar-refractivity contribution >= 4 is 27.4 Å². The molecule has 0 bridgehead atoms. The summed E-state index contributed by atoms with van der Waals surface area (Å²) in [6.45, 7) is 1.22. The second-order valence-electron chi connectivity index (χ2n) is 8.00. The standard InChI is InChI=1S/C19H21F4N5O4S/c1-33(30,31)11-8-12(20)15(13(21)9-11)24-14-4-7-28(18(14)29)10-2-5-27(6-3-10)19-25-17(16(22)23)32-26-19/h8-10,14,16,24H,2-7H2,1H3. The van der Waals surface area contributed by atoms with E-state index in [0.717, 1.165) is 6.26 Å². The van der Waals surface area contributed by atoms with Crippen molar-refractivity contribution in [1.82, 2.24) is 15.0 Å². The van der Waals surface area contributed by atoms with Gasteiger partial charge in [-0.2, -0.15) is 13.8 Å². The summed E-state index contributed by atoms with van der Waals surface area (Å²) in [6, 6.07) is 0.432. The summed E-state index contributed by atoms with van der Waals surface area (Å²) in [6.07, 6.45) is -0.637. The van der Waals surface area contributed by atoms with Crippen LogP contribution in [0, 0.1) is 11.6 Å². The topological polar surface area (TPSA) is 109 Å². The molecule has 2 saturated heterocycles. The molecule has 2 fully saturated rings. The summed E-state index contributed by atoms with van der Waals surface area (Å²) in [7, 11) is -3.79. The van der Waals surface area contributed by atoms with Crippen molar-refractivity contribution in [3.63, 3.8) is 0 Å². The van der Waals surface area contributed by atoms with E-state index in [2.05, 4.69) is 20.0 Å². The molecular weight excluding hydrogens is 470 g/mol. The number of alkyl halides is 2. The molecule has 9 nitrogen and oxygen atoms in total. The molecule has 2 aliphatic heterocycles. The van der Waals surface area contributed by atoms with Crippen molar-refractivity contribution in [3.05, 3.63) is 29.7 Å². The van der Waals surface area contributed by atoms with Crippen LogP contribution in [0.2, 0.25) is 0 Å². The van der Waals surface area contributed by atoms with Crippen LogP contribution in [-0.4, -0.2) is 67.3 Å².